The molecule has 0 heterocycles. The second-order valence-electron chi connectivity index (χ2n) is 4.44. The van der Waals surface area contributed by atoms with E-state index in [4.69, 9.17) is 10.5 Å². The van der Waals surface area contributed by atoms with E-state index in [1.54, 1.807) is 24.3 Å². The number of hydrogen-bond acceptors (Lipinski definition) is 5. The van der Waals surface area contributed by atoms with Crippen LogP contribution in [0.4, 0.5) is 5.69 Å². The fraction of sp³-hybridized carbons (Fsp3) is 0.462. The highest BCUT2D eigenvalue weighted by Crippen LogP contribution is 2.07. The molecule has 1 aromatic carbocycles. The number of aliphatic hydroxyl groups is 1. The number of anilines is 1. The number of aliphatic hydroxyl groups excluding tert-OH is 1. The monoisotopic (exact) mass is 288 g/mol. The normalized spacial score (nSPS) is 11.8. The van der Waals surface area contributed by atoms with Crippen LogP contribution in [-0.2, 0) is 4.74 Å². The summed E-state index contributed by atoms with van der Waals surface area (Å²) in [5.74, 6) is -0.460. The van der Waals surface area contributed by atoms with E-state index in [-0.39, 0.29) is 25.1 Å². The summed E-state index contributed by atoms with van der Waals surface area (Å²) in [5.41, 5.74) is 6.53. The van der Waals surface area contributed by atoms with Crippen LogP contribution in [0.15, 0.2) is 24.3 Å². The maximum Gasteiger partial charge on any atom is 0.338 e. The van der Waals surface area contributed by atoms with Crippen LogP contribution in [-0.4, -0.2) is 36.4 Å². The van der Waals surface area contributed by atoms with Gasteiger partial charge in [-0.25, -0.2) is 4.79 Å². The number of halogens is 1. The van der Waals surface area contributed by atoms with Crippen molar-refractivity contribution < 1.29 is 14.6 Å². The second-order valence-corrected chi connectivity index (χ2v) is 4.44. The number of esters is 1. The van der Waals surface area contributed by atoms with Crippen LogP contribution >= 0.6 is 12.4 Å². The van der Waals surface area contributed by atoms with Gasteiger partial charge in [-0.15, -0.1) is 12.4 Å². The first kappa shape index (κ1) is 17.7. The number of carbonyl (C=O) groups excluding carboxylic acids is 1. The molecule has 0 amide bonds. The third-order valence-electron chi connectivity index (χ3n) is 2.31. The lowest BCUT2D eigenvalue weighted by atomic mass is 10.2. The van der Waals surface area contributed by atoms with E-state index in [9.17, 15) is 9.90 Å². The molecule has 108 valence electrons. The zero-order valence-electron chi connectivity index (χ0n) is 11.1. The number of carbonyl (C=O) groups is 1. The minimum absolute atomic E-state index is 0. The van der Waals surface area contributed by atoms with Crippen molar-refractivity contribution in [2.45, 2.75) is 26.0 Å². The molecule has 0 aliphatic rings. The van der Waals surface area contributed by atoms with Crippen LogP contribution in [0.2, 0.25) is 0 Å². The van der Waals surface area contributed by atoms with Crippen LogP contribution in [0, 0.1) is 0 Å². The van der Waals surface area contributed by atoms with Crippen molar-refractivity contribution in [2.24, 2.45) is 0 Å². The molecule has 0 saturated carbocycles. The Hall–Kier alpha value is -1.30. The molecule has 0 aromatic heterocycles. The number of benzene rings is 1. The molecule has 0 spiro atoms. The molecule has 4 N–H and O–H groups in total. The lowest BCUT2D eigenvalue weighted by Crippen LogP contribution is -2.35. The van der Waals surface area contributed by atoms with Gasteiger partial charge >= 0.3 is 5.97 Å². The van der Waals surface area contributed by atoms with E-state index < -0.39 is 12.1 Å². The van der Waals surface area contributed by atoms with E-state index in [1.807, 2.05) is 13.8 Å². The summed E-state index contributed by atoms with van der Waals surface area (Å²) in [6.45, 7) is 4.33. The van der Waals surface area contributed by atoms with Crippen molar-refractivity contribution in [1.29, 1.82) is 0 Å². The summed E-state index contributed by atoms with van der Waals surface area (Å²) < 4.78 is 4.99. The molecule has 1 rings (SSSR count). The zero-order valence-corrected chi connectivity index (χ0v) is 11.9. The number of ether oxygens (including phenoxy) is 1. The SMILES string of the molecule is CC(C)NCC(O)COC(=O)c1ccc(N)cc1.Cl. The molecule has 5 nitrogen and oxygen atoms in total. The van der Waals surface area contributed by atoms with Crippen molar-refractivity contribution in [2.75, 3.05) is 18.9 Å². The summed E-state index contributed by atoms with van der Waals surface area (Å²) in [7, 11) is 0. The number of nitrogens with two attached hydrogens (primary N) is 1. The highest BCUT2D eigenvalue weighted by atomic mass is 35.5. The predicted molar refractivity (Wildman–Crippen MR) is 77.5 cm³/mol. The van der Waals surface area contributed by atoms with Gasteiger partial charge in [0.05, 0.1) is 5.56 Å². The molecule has 1 aromatic rings. The summed E-state index contributed by atoms with van der Waals surface area (Å²) in [5, 5.41) is 12.6. The van der Waals surface area contributed by atoms with E-state index in [0.29, 0.717) is 17.8 Å². The minimum Gasteiger partial charge on any atom is -0.459 e. The Morgan fingerprint density at radius 3 is 2.47 bits per heavy atom. The molecule has 1 unspecified atom stereocenters. The fourth-order valence-electron chi connectivity index (χ4n) is 1.31. The summed E-state index contributed by atoms with van der Waals surface area (Å²) in [6, 6.07) is 6.74. The lowest BCUT2D eigenvalue weighted by molar-refractivity contribution is 0.0256. The molecule has 0 aliphatic carbocycles. The summed E-state index contributed by atoms with van der Waals surface area (Å²) in [4.78, 5) is 11.6. The molecule has 6 heteroatoms. The largest absolute Gasteiger partial charge is 0.459 e. The quantitative estimate of drug-likeness (QED) is 0.541. The zero-order chi connectivity index (χ0) is 13.5. The maximum absolute atomic E-state index is 11.6. The molecule has 19 heavy (non-hydrogen) atoms. The smallest absolute Gasteiger partial charge is 0.338 e. The Morgan fingerprint density at radius 2 is 1.95 bits per heavy atom. The van der Waals surface area contributed by atoms with Gasteiger partial charge < -0.3 is 20.9 Å². The Kier molecular flexibility index (Phi) is 8.14. The van der Waals surface area contributed by atoms with Crippen molar-refractivity contribution in [3.8, 4) is 0 Å². The van der Waals surface area contributed by atoms with Crippen LogP contribution in [0.25, 0.3) is 0 Å². The van der Waals surface area contributed by atoms with E-state index in [0.717, 1.165) is 0 Å². The molecule has 1 atom stereocenters. The van der Waals surface area contributed by atoms with Crippen LogP contribution in [0.1, 0.15) is 24.2 Å². The Balaban J connectivity index is 0.00000324. The summed E-state index contributed by atoms with van der Waals surface area (Å²) >= 11 is 0. The van der Waals surface area contributed by atoms with Gasteiger partial charge in [0.15, 0.2) is 0 Å². The van der Waals surface area contributed by atoms with Crippen molar-refractivity contribution >= 4 is 24.1 Å². The Labute approximate surface area is 119 Å². The van der Waals surface area contributed by atoms with Crippen LogP contribution < -0.4 is 11.1 Å². The minimum atomic E-state index is -0.704. The number of hydrogen-bond donors (Lipinski definition) is 3. The highest BCUT2D eigenvalue weighted by molar-refractivity contribution is 5.89. The van der Waals surface area contributed by atoms with Gasteiger partial charge in [-0.05, 0) is 24.3 Å². The first-order chi connectivity index (χ1) is 8.49. The molecule has 0 radical (unpaired) electrons. The number of nitrogen functional groups attached to an aromatic ring is 1. The Bertz CT molecular complexity index is 382. The molecule has 0 bridgehead atoms. The van der Waals surface area contributed by atoms with Crippen molar-refractivity contribution in [1.82, 2.24) is 5.32 Å². The molecular formula is C13H21ClN2O3. The third-order valence-corrected chi connectivity index (χ3v) is 2.31. The predicted octanol–water partition coefficient (Wildman–Crippen LogP) is 1.21. The first-order valence-electron chi connectivity index (χ1n) is 5.93. The summed E-state index contributed by atoms with van der Waals surface area (Å²) in [6.07, 6.45) is -0.704. The fourth-order valence-corrected chi connectivity index (χ4v) is 1.31. The highest BCUT2D eigenvalue weighted by Gasteiger charge is 2.11. The van der Waals surface area contributed by atoms with Gasteiger partial charge in [-0.3, -0.25) is 0 Å². The molecule has 0 aliphatic heterocycles. The van der Waals surface area contributed by atoms with Crippen molar-refractivity contribution in [3.05, 3.63) is 29.8 Å². The molecule has 0 saturated heterocycles. The maximum atomic E-state index is 11.6. The molecular weight excluding hydrogens is 268 g/mol. The van der Waals surface area contributed by atoms with Gasteiger partial charge in [0.1, 0.15) is 12.7 Å². The van der Waals surface area contributed by atoms with E-state index in [2.05, 4.69) is 5.32 Å². The second kappa shape index (κ2) is 8.74. The van der Waals surface area contributed by atoms with E-state index in [1.165, 1.54) is 0 Å². The third kappa shape index (κ3) is 7.00. The Morgan fingerprint density at radius 1 is 1.37 bits per heavy atom. The van der Waals surface area contributed by atoms with Gasteiger partial charge in [0.25, 0.3) is 0 Å². The average Bonchev–Trinajstić information content (AvgIpc) is 2.34. The van der Waals surface area contributed by atoms with Crippen LogP contribution in [0.3, 0.4) is 0 Å². The van der Waals surface area contributed by atoms with E-state index >= 15 is 0 Å². The van der Waals surface area contributed by atoms with Crippen LogP contribution in [0.5, 0.6) is 0 Å². The first-order valence-corrected chi connectivity index (χ1v) is 5.93. The lowest BCUT2D eigenvalue weighted by Gasteiger charge is -2.14. The standard InChI is InChI=1S/C13H20N2O3.ClH/c1-9(2)15-7-12(16)8-18-13(17)10-3-5-11(14)6-4-10;/h3-6,9,12,15-16H,7-8,14H2,1-2H3;1H. The number of rotatable bonds is 6. The average molecular weight is 289 g/mol. The topological polar surface area (TPSA) is 84.6 Å². The van der Waals surface area contributed by atoms with Gasteiger partial charge in [-0.2, -0.15) is 0 Å². The molecule has 0 fully saturated rings. The van der Waals surface area contributed by atoms with Gasteiger partial charge in [0, 0.05) is 18.3 Å². The van der Waals surface area contributed by atoms with Gasteiger partial charge in [0.2, 0.25) is 0 Å². The van der Waals surface area contributed by atoms with Gasteiger partial charge in [-0.1, -0.05) is 13.8 Å². The number of nitrogens with one attached hydrogen (secondary N) is 1. The van der Waals surface area contributed by atoms with Crippen molar-refractivity contribution in [3.63, 3.8) is 0 Å².